The monoisotopic (exact) mass is 393 g/mol. The third-order valence-electron chi connectivity index (χ3n) is 6.57. The molecular weight excluding hydrogens is 366 g/mol. The Hall–Kier alpha value is -2.57. The maximum Gasteiger partial charge on any atom is 0.212 e. The van der Waals surface area contributed by atoms with Crippen molar-refractivity contribution in [2.75, 3.05) is 33.5 Å². The van der Waals surface area contributed by atoms with Gasteiger partial charge in [0.1, 0.15) is 5.75 Å². The molecule has 29 heavy (non-hydrogen) atoms. The van der Waals surface area contributed by atoms with Crippen LogP contribution in [0.3, 0.4) is 0 Å². The topological polar surface area (TPSA) is 57.5 Å². The number of aliphatic hydroxyl groups is 1. The van der Waals surface area contributed by atoms with Gasteiger partial charge in [-0.05, 0) is 44.0 Å². The van der Waals surface area contributed by atoms with Gasteiger partial charge < -0.3 is 19.5 Å². The van der Waals surface area contributed by atoms with Crippen LogP contribution in [0.2, 0.25) is 0 Å². The smallest absolute Gasteiger partial charge is 0.212 e. The molecule has 0 saturated carbocycles. The van der Waals surface area contributed by atoms with Crippen LogP contribution in [0.4, 0.5) is 0 Å². The van der Waals surface area contributed by atoms with Crippen molar-refractivity contribution >= 4 is 5.90 Å². The molecule has 6 heteroatoms. The van der Waals surface area contributed by atoms with Gasteiger partial charge in [0.15, 0.2) is 6.73 Å². The Kier molecular flexibility index (Phi) is 4.68. The summed E-state index contributed by atoms with van der Waals surface area (Å²) in [6, 6.07) is 17.1. The van der Waals surface area contributed by atoms with Crippen molar-refractivity contribution in [3.8, 4) is 5.75 Å². The highest BCUT2D eigenvalue weighted by atomic mass is 16.5. The highest BCUT2D eigenvalue weighted by Gasteiger charge is 2.45. The third kappa shape index (κ3) is 3.16. The van der Waals surface area contributed by atoms with E-state index < -0.39 is 5.72 Å². The zero-order chi connectivity index (χ0) is 19.8. The van der Waals surface area contributed by atoms with Gasteiger partial charge in [0.05, 0.1) is 13.0 Å². The van der Waals surface area contributed by atoms with E-state index in [9.17, 15) is 5.11 Å². The molecule has 3 fully saturated rings. The second-order valence-electron chi connectivity index (χ2n) is 8.12. The van der Waals surface area contributed by atoms with Crippen LogP contribution in [0.15, 0.2) is 59.7 Å². The molecule has 0 amide bonds. The molecule has 6 rings (SSSR count). The second-order valence-corrected chi connectivity index (χ2v) is 8.12. The highest BCUT2D eigenvalue weighted by Crippen LogP contribution is 2.39. The van der Waals surface area contributed by atoms with Crippen LogP contribution in [0.5, 0.6) is 5.75 Å². The standard InChI is InChI=1S/C23H27N3O3/c1-28-20-9-7-19(8-10-20)23(27,18-5-3-2-4-6-18)26-16-29-22(24-26)21-15-25-13-11-17(21)12-14-25/h2-10,17,21,27H,11-16H2,1H3. The van der Waals surface area contributed by atoms with E-state index in [2.05, 4.69) is 4.90 Å². The predicted octanol–water partition coefficient (Wildman–Crippen LogP) is 2.83. The molecule has 2 unspecified atom stereocenters. The molecule has 1 N–H and O–H groups in total. The molecule has 2 bridgehead atoms. The van der Waals surface area contributed by atoms with E-state index in [1.807, 2.05) is 54.6 Å². The minimum absolute atomic E-state index is 0.232. The number of hydrogen-bond acceptors (Lipinski definition) is 6. The van der Waals surface area contributed by atoms with Crippen LogP contribution >= 0.6 is 0 Å². The van der Waals surface area contributed by atoms with Gasteiger partial charge >= 0.3 is 0 Å². The SMILES string of the molecule is COc1ccc(C(O)(c2ccccc2)N2COC(C3CN4CCC3CC4)=N2)cc1. The number of hydrogen-bond donors (Lipinski definition) is 1. The number of piperidine rings is 3. The van der Waals surface area contributed by atoms with Gasteiger partial charge in [-0.3, -0.25) is 0 Å². The van der Waals surface area contributed by atoms with Crippen molar-refractivity contribution in [2.24, 2.45) is 16.9 Å². The minimum Gasteiger partial charge on any atom is -0.497 e. The lowest BCUT2D eigenvalue weighted by atomic mass is 9.79. The molecule has 4 aliphatic rings. The van der Waals surface area contributed by atoms with Crippen LogP contribution < -0.4 is 4.74 Å². The lowest BCUT2D eigenvalue weighted by Gasteiger charge is -2.43. The van der Waals surface area contributed by atoms with Gasteiger partial charge in [-0.25, -0.2) is 5.01 Å². The number of methoxy groups -OCH3 is 1. The Balaban J connectivity index is 1.51. The quantitative estimate of drug-likeness (QED) is 0.847. The van der Waals surface area contributed by atoms with Crippen molar-refractivity contribution in [1.29, 1.82) is 0 Å². The first kappa shape index (κ1) is 18.5. The van der Waals surface area contributed by atoms with Crippen LogP contribution in [-0.2, 0) is 10.5 Å². The normalized spacial score (nSPS) is 27.9. The molecule has 3 saturated heterocycles. The van der Waals surface area contributed by atoms with Crippen molar-refractivity contribution in [2.45, 2.75) is 18.6 Å². The Labute approximate surface area is 171 Å². The minimum atomic E-state index is -1.41. The largest absolute Gasteiger partial charge is 0.497 e. The summed E-state index contributed by atoms with van der Waals surface area (Å²) < 4.78 is 11.3. The third-order valence-corrected chi connectivity index (χ3v) is 6.57. The zero-order valence-corrected chi connectivity index (χ0v) is 16.7. The Bertz CT molecular complexity index is 878. The Morgan fingerprint density at radius 2 is 1.72 bits per heavy atom. The number of fused-ring (bicyclic) bond motifs is 3. The highest BCUT2D eigenvalue weighted by molar-refractivity contribution is 5.80. The maximum atomic E-state index is 12.0. The number of nitrogens with zero attached hydrogens (tertiary/aromatic N) is 3. The number of rotatable bonds is 5. The first-order valence-electron chi connectivity index (χ1n) is 10.3. The van der Waals surface area contributed by atoms with E-state index in [-0.39, 0.29) is 6.73 Å². The number of benzene rings is 2. The molecule has 4 aliphatic heterocycles. The second kappa shape index (κ2) is 7.35. The summed E-state index contributed by atoms with van der Waals surface area (Å²) in [7, 11) is 1.64. The molecule has 0 aromatic heterocycles. The summed E-state index contributed by atoms with van der Waals surface area (Å²) in [5.41, 5.74) is 0.0724. The van der Waals surface area contributed by atoms with E-state index in [0.29, 0.717) is 11.8 Å². The van der Waals surface area contributed by atoms with Crippen LogP contribution in [0, 0.1) is 11.8 Å². The zero-order valence-electron chi connectivity index (χ0n) is 16.7. The molecular formula is C23H27N3O3. The fraction of sp³-hybridized carbons (Fsp3) is 0.435. The molecule has 0 aliphatic carbocycles. The summed E-state index contributed by atoms with van der Waals surface area (Å²) in [5, 5.41) is 18.4. The number of ether oxygens (including phenoxy) is 2. The molecule has 2 aromatic rings. The van der Waals surface area contributed by atoms with Crippen molar-refractivity contribution in [1.82, 2.24) is 9.91 Å². The van der Waals surface area contributed by atoms with Crippen LogP contribution in [-0.4, -0.2) is 54.4 Å². The molecule has 2 aromatic carbocycles. The van der Waals surface area contributed by atoms with Gasteiger partial charge in [0.2, 0.25) is 11.6 Å². The fourth-order valence-electron chi connectivity index (χ4n) is 4.85. The van der Waals surface area contributed by atoms with Gasteiger partial charge in [-0.15, -0.1) is 5.10 Å². The lowest BCUT2D eigenvalue weighted by Crippen LogP contribution is -2.50. The summed E-state index contributed by atoms with van der Waals surface area (Å²) in [4.78, 5) is 2.49. The summed E-state index contributed by atoms with van der Waals surface area (Å²) in [6.45, 7) is 3.59. The molecule has 2 atom stereocenters. The van der Waals surface area contributed by atoms with Gasteiger partial charge in [0, 0.05) is 17.7 Å². The summed E-state index contributed by atoms with van der Waals surface area (Å²) in [5.74, 6) is 2.46. The predicted molar refractivity (Wildman–Crippen MR) is 110 cm³/mol. The molecule has 0 spiro atoms. The molecule has 152 valence electrons. The first-order chi connectivity index (χ1) is 14.2. The Morgan fingerprint density at radius 3 is 2.34 bits per heavy atom. The van der Waals surface area contributed by atoms with E-state index in [4.69, 9.17) is 14.6 Å². The van der Waals surface area contributed by atoms with Crippen molar-refractivity contribution in [3.05, 3.63) is 65.7 Å². The van der Waals surface area contributed by atoms with E-state index in [1.165, 1.54) is 25.9 Å². The van der Waals surface area contributed by atoms with E-state index in [1.54, 1.807) is 12.1 Å². The molecule has 6 nitrogen and oxygen atoms in total. The van der Waals surface area contributed by atoms with Gasteiger partial charge in [-0.2, -0.15) is 0 Å². The lowest BCUT2D eigenvalue weighted by molar-refractivity contribution is -0.0975. The van der Waals surface area contributed by atoms with Gasteiger partial charge in [-0.1, -0.05) is 42.5 Å². The summed E-state index contributed by atoms with van der Waals surface area (Å²) >= 11 is 0. The average Bonchev–Trinajstić information content (AvgIpc) is 3.31. The van der Waals surface area contributed by atoms with Crippen LogP contribution in [0.25, 0.3) is 0 Å². The molecule has 4 heterocycles. The summed E-state index contributed by atoms with van der Waals surface area (Å²) in [6.07, 6.45) is 2.41. The van der Waals surface area contributed by atoms with Crippen molar-refractivity contribution in [3.63, 3.8) is 0 Å². The fourth-order valence-corrected chi connectivity index (χ4v) is 4.85. The van der Waals surface area contributed by atoms with Gasteiger partial charge in [0.25, 0.3) is 0 Å². The van der Waals surface area contributed by atoms with Crippen LogP contribution in [0.1, 0.15) is 24.0 Å². The maximum absolute atomic E-state index is 12.0. The van der Waals surface area contributed by atoms with Crippen molar-refractivity contribution < 1.29 is 14.6 Å². The molecule has 0 radical (unpaired) electrons. The van der Waals surface area contributed by atoms with E-state index >= 15 is 0 Å². The number of hydrazone groups is 1. The average molecular weight is 393 g/mol. The van der Waals surface area contributed by atoms with E-state index in [0.717, 1.165) is 29.3 Å². The Morgan fingerprint density at radius 1 is 1.03 bits per heavy atom. The first-order valence-corrected chi connectivity index (χ1v) is 10.3.